The number of nitrogens with zero attached hydrogens (tertiary/aromatic N) is 1. The van der Waals surface area contributed by atoms with Gasteiger partial charge in [0.25, 0.3) is 5.56 Å². The van der Waals surface area contributed by atoms with Crippen LogP contribution in [0.3, 0.4) is 0 Å². The third-order valence-electron chi connectivity index (χ3n) is 6.30. The molecule has 0 bridgehead atoms. The lowest BCUT2D eigenvalue weighted by Crippen LogP contribution is -2.38. The van der Waals surface area contributed by atoms with Crippen molar-refractivity contribution in [3.63, 3.8) is 0 Å². The molecular formula is C23H31N3O5. The molecule has 0 aliphatic carbocycles. The highest BCUT2D eigenvalue weighted by molar-refractivity contribution is 5.79. The molecule has 1 fully saturated rings. The van der Waals surface area contributed by atoms with E-state index in [1.54, 1.807) is 0 Å². The third kappa shape index (κ3) is 4.80. The topological polar surface area (TPSA) is 113 Å². The Bertz CT molecular complexity index is 1080. The largest absolute Gasteiger partial charge is 0.390 e. The lowest BCUT2D eigenvalue weighted by molar-refractivity contribution is -0.121. The summed E-state index contributed by atoms with van der Waals surface area (Å²) in [6.07, 6.45) is 0.234. The summed E-state index contributed by atoms with van der Waals surface area (Å²) in [6.45, 7) is 10.1. The second-order valence-corrected chi connectivity index (χ2v) is 8.33. The van der Waals surface area contributed by atoms with Crippen molar-refractivity contribution in [2.24, 2.45) is 0 Å². The number of aliphatic hydroxyl groups excluding tert-OH is 1. The summed E-state index contributed by atoms with van der Waals surface area (Å²) in [5, 5.41) is 13.2. The summed E-state index contributed by atoms with van der Waals surface area (Å²) >= 11 is 0. The maximum Gasteiger partial charge on any atom is 0.330 e. The Morgan fingerprint density at radius 3 is 2.48 bits per heavy atom. The lowest BCUT2D eigenvalue weighted by Gasteiger charge is -2.18. The van der Waals surface area contributed by atoms with E-state index in [1.165, 1.54) is 10.8 Å². The molecule has 0 spiro atoms. The summed E-state index contributed by atoms with van der Waals surface area (Å²) in [6, 6.07) is 2.12. The predicted octanol–water partition coefficient (Wildman–Crippen LogP) is 1.34. The zero-order valence-electron chi connectivity index (χ0n) is 18.7. The zero-order valence-corrected chi connectivity index (χ0v) is 18.7. The number of benzene rings is 1. The van der Waals surface area contributed by atoms with E-state index in [4.69, 9.17) is 4.74 Å². The Kier molecular flexibility index (Phi) is 6.81. The van der Waals surface area contributed by atoms with Crippen LogP contribution < -0.4 is 16.6 Å². The van der Waals surface area contributed by atoms with Crippen molar-refractivity contribution in [2.75, 3.05) is 6.54 Å². The van der Waals surface area contributed by atoms with Crippen LogP contribution in [-0.4, -0.2) is 39.3 Å². The highest BCUT2D eigenvalue weighted by Gasteiger charge is 2.35. The van der Waals surface area contributed by atoms with Gasteiger partial charge in [-0.1, -0.05) is 13.0 Å². The number of rotatable bonds is 6. The Labute approximate surface area is 181 Å². The van der Waals surface area contributed by atoms with Gasteiger partial charge in [0.2, 0.25) is 5.91 Å². The molecule has 1 aliphatic rings. The molecular weight excluding hydrogens is 398 g/mol. The number of hydrogen-bond donors (Lipinski definition) is 3. The van der Waals surface area contributed by atoms with E-state index >= 15 is 0 Å². The highest BCUT2D eigenvalue weighted by Crippen LogP contribution is 2.27. The summed E-state index contributed by atoms with van der Waals surface area (Å²) in [5.41, 5.74) is 5.02. The van der Waals surface area contributed by atoms with Crippen molar-refractivity contribution in [2.45, 2.75) is 72.3 Å². The number of aromatic amines is 1. The molecule has 1 aromatic carbocycles. The number of carbonyl (C=O) groups excluding carboxylic acids is 1. The van der Waals surface area contributed by atoms with Gasteiger partial charge in [-0.25, -0.2) is 4.79 Å². The first kappa shape index (κ1) is 23.0. The van der Waals surface area contributed by atoms with Crippen LogP contribution in [-0.2, 0) is 22.4 Å². The second kappa shape index (κ2) is 9.20. The number of H-pyrrole nitrogens is 1. The van der Waals surface area contributed by atoms with Gasteiger partial charge in [0.1, 0.15) is 12.3 Å². The van der Waals surface area contributed by atoms with Crippen molar-refractivity contribution < 1.29 is 14.6 Å². The van der Waals surface area contributed by atoms with Crippen LogP contribution in [0.4, 0.5) is 0 Å². The van der Waals surface area contributed by atoms with Crippen molar-refractivity contribution in [1.82, 2.24) is 14.9 Å². The molecule has 2 heterocycles. The molecule has 8 nitrogen and oxygen atoms in total. The van der Waals surface area contributed by atoms with Crippen LogP contribution in [0.5, 0.6) is 0 Å². The predicted molar refractivity (Wildman–Crippen MR) is 117 cm³/mol. The fraction of sp³-hybridized carbons (Fsp3) is 0.522. The van der Waals surface area contributed by atoms with E-state index in [-0.39, 0.29) is 25.3 Å². The number of carbonyl (C=O) groups is 1. The summed E-state index contributed by atoms with van der Waals surface area (Å²) in [4.78, 5) is 38.8. The number of ether oxygens (including phenoxy) is 1. The first-order valence-electron chi connectivity index (χ1n) is 10.6. The summed E-state index contributed by atoms with van der Waals surface area (Å²) in [7, 11) is 0. The Morgan fingerprint density at radius 1 is 1.23 bits per heavy atom. The molecule has 0 saturated carbocycles. The van der Waals surface area contributed by atoms with Crippen LogP contribution in [0.15, 0.2) is 21.9 Å². The summed E-state index contributed by atoms with van der Waals surface area (Å²) in [5.74, 6) is -0.148. The van der Waals surface area contributed by atoms with Crippen LogP contribution in [0, 0.1) is 27.7 Å². The summed E-state index contributed by atoms with van der Waals surface area (Å²) < 4.78 is 7.14. The van der Waals surface area contributed by atoms with Gasteiger partial charge in [-0.05, 0) is 61.9 Å². The monoisotopic (exact) mass is 429 g/mol. The fourth-order valence-electron chi connectivity index (χ4n) is 4.06. The minimum atomic E-state index is -0.834. The van der Waals surface area contributed by atoms with Crippen LogP contribution in [0.1, 0.15) is 53.0 Å². The number of nitrogens with one attached hydrogen (secondary N) is 2. The minimum Gasteiger partial charge on any atom is -0.390 e. The molecule has 2 aromatic rings. The second-order valence-electron chi connectivity index (χ2n) is 8.33. The number of hydrogen-bond acceptors (Lipinski definition) is 5. The quantitative estimate of drug-likeness (QED) is 0.641. The number of amides is 1. The molecule has 0 radical (unpaired) electrons. The standard InChI is InChI=1S/C23H31N3O5/c1-6-16-11-26(23(30)25-22(16)29)21-9-18(27)19(31-21)10-24-20(28)8-17-14(4)12(2)7-13(3)15(17)5/h7,11,18-19,21,27H,6,8-10H2,1-5H3,(H,24,28)(H,25,29,30)/t18?,19-,21-/m0/s1. The van der Waals surface area contributed by atoms with Gasteiger partial charge < -0.3 is 15.2 Å². The van der Waals surface area contributed by atoms with Gasteiger partial charge in [0, 0.05) is 24.7 Å². The van der Waals surface area contributed by atoms with Crippen LogP contribution in [0.2, 0.25) is 0 Å². The molecule has 1 amide bonds. The molecule has 1 unspecified atom stereocenters. The molecule has 3 atom stereocenters. The third-order valence-corrected chi connectivity index (χ3v) is 6.30. The van der Waals surface area contributed by atoms with E-state index < -0.39 is 29.7 Å². The average Bonchev–Trinajstić information content (AvgIpc) is 3.08. The van der Waals surface area contributed by atoms with Crippen LogP contribution in [0.25, 0.3) is 0 Å². The molecule has 8 heteroatoms. The number of aliphatic hydroxyl groups is 1. The minimum absolute atomic E-state index is 0.137. The van der Waals surface area contributed by atoms with E-state index in [0.717, 1.165) is 27.8 Å². The maximum absolute atomic E-state index is 12.6. The lowest BCUT2D eigenvalue weighted by atomic mass is 9.92. The highest BCUT2D eigenvalue weighted by atomic mass is 16.5. The Balaban J connectivity index is 1.66. The van der Waals surface area contributed by atoms with Crippen molar-refractivity contribution >= 4 is 5.91 Å². The number of aromatic nitrogens is 2. The number of aryl methyl sites for hydroxylation is 3. The van der Waals surface area contributed by atoms with Gasteiger partial charge in [-0.15, -0.1) is 0 Å². The van der Waals surface area contributed by atoms with E-state index in [9.17, 15) is 19.5 Å². The first-order chi connectivity index (χ1) is 14.6. The van der Waals surface area contributed by atoms with Gasteiger partial charge in [0.05, 0.1) is 12.5 Å². The van der Waals surface area contributed by atoms with E-state index in [1.807, 2.05) is 34.6 Å². The van der Waals surface area contributed by atoms with Crippen molar-refractivity contribution in [3.8, 4) is 0 Å². The van der Waals surface area contributed by atoms with Gasteiger partial charge in [0.15, 0.2) is 0 Å². The molecule has 31 heavy (non-hydrogen) atoms. The van der Waals surface area contributed by atoms with Gasteiger partial charge in [-0.3, -0.25) is 19.1 Å². The van der Waals surface area contributed by atoms with Crippen molar-refractivity contribution in [3.05, 3.63) is 66.5 Å². The molecule has 1 saturated heterocycles. The Hall–Kier alpha value is -2.71. The molecule has 168 valence electrons. The molecule has 1 aromatic heterocycles. The smallest absolute Gasteiger partial charge is 0.330 e. The normalized spacial score (nSPS) is 20.8. The molecule has 1 aliphatic heterocycles. The maximum atomic E-state index is 12.6. The van der Waals surface area contributed by atoms with E-state index in [2.05, 4.69) is 16.4 Å². The fourth-order valence-corrected chi connectivity index (χ4v) is 4.06. The SMILES string of the molecule is CCc1cn([C@@H]2CC(O)[C@H](CNC(=O)Cc3c(C)c(C)cc(C)c3C)O2)c(=O)[nH]c1=O. The first-order valence-corrected chi connectivity index (χ1v) is 10.6. The van der Waals surface area contributed by atoms with Crippen molar-refractivity contribution in [1.29, 1.82) is 0 Å². The van der Waals surface area contributed by atoms with Gasteiger partial charge >= 0.3 is 5.69 Å². The zero-order chi connectivity index (χ0) is 22.9. The van der Waals surface area contributed by atoms with Crippen LogP contribution >= 0.6 is 0 Å². The average molecular weight is 430 g/mol. The molecule has 3 rings (SSSR count). The molecule has 3 N–H and O–H groups in total. The van der Waals surface area contributed by atoms with E-state index in [0.29, 0.717) is 12.0 Å². The van der Waals surface area contributed by atoms with Gasteiger partial charge in [-0.2, -0.15) is 0 Å². The Morgan fingerprint density at radius 2 is 1.87 bits per heavy atom.